The number of aliphatic hydroxyl groups is 1. The van der Waals surface area contributed by atoms with Crippen molar-refractivity contribution in [3.8, 4) is 0 Å². The molecule has 3 aromatic heterocycles. The second kappa shape index (κ2) is 8.58. The summed E-state index contributed by atoms with van der Waals surface area (Å²) in [6.45, 7) is 1.60. The molecule has 5 rings (SSSR count). The fourth-order valence-electron chi connectivity index (χ4n) is 4.70. The van der Waals surface area contributed by atoms with Crippen LogP contribution in [-0.4, -0.2) is 55.1 Å². The molecule has 3 aromatic rings. The number of hydrogen-bond donors (Lipinski definition) is 2. The van der Waals surface area contributed by atoms with Crippen molar-refractivity contribution < 1.29 is 5.11 Å². The van der Waals surface area contributed by atoms with Crippen LogP contribution < -0.4 is 15.8 Å². The predicted molar refractivity (Wildman–Crippen MR) is 118 cm³/mol. The van der Waals surface area contributed by atoms with Gasteiger partial charge in [-0.25, -0.2) is 14.6 Å². The van der Waals surface area contributed by atoms with E-state index in [-0.39, 0.29) is 17.6 Å². The van der Waals surface area contributed by atoms with Crippen molar-refractivity contribution in [3.63, 3.8) is 0 Å². The smallest absolute Gasteiger partial charge is 0.267 e. The highest BCUT2D eigenvalue weighted by molar-refractivity contribution is 5.71. The maximum Gasteiger partial charge on any atom is 0.267 e. The predicted octanol–water partition coefficient (Wildman–Crippen LogP) is 2.14. The summed E-state index contributed by atoms with van der Waals surface area (Å²) in [5, 5.41) is 18.4. The first-order valence-corrected chi connectivity index (χ1v) is 11.1. The number of anilines is 2. The zero-order valence-corrected chi connectivity index (χ0v) is 17.4. The van der Waals surface area contributed by atoms with Crippen LogP contribution in [0.1, 0.15) is 44.6 Å². The minimum atomic E-state index is -0.499. The molecule has 1 saturated carbocycles. The number of pyridine rings is 1. The number of piperidine rings is 1. The Bertz CT molecular complexity index is 1120. The number of nitrogens with one attached hydrogen (secondary N) is 1. The van der Waals surface area contributed by atoms with Crippen LogP contribution in [-0.2, 0) is 0 Å². The van der Waals surface area contributed by atoms with Crippen molar-refractivity contribution >= 4 is 22.8 Å². The van der Waals surface area contributed by atoms with Crippen LogP contribution in [0.4, 0.5) is 11.6 Å². The third kappa shape index (κ3) is 4.10. The van der Waals surface area contributed by atoms with Crippen LogP contribution in [0.3, 0.4) is 0 Å². The molecule has 3 atom stereocenters. The minimum Gasteiger partial charge on any atom is -0.391 e. The molecular weight excluding hydrogens is 394 g/mol. The Morgan fingerprint density at radius 3 is 2.81 bits per heavy atom. The van der Waals surface area contributed by atoms with Crippen LogP contribution in [0.25, 0.3) is 11.2 Å². The summed E-state index contributed by atoms with van der Waals surface area (Å²) in [6.07, 6.45) is 8.52. The Hall–Kier alpha value is -3.07. The summed E-state index contributed by atoms with van der Waals surface area (Å²) in [6, 6.07) is 7.24. The lowest BCUT2D eigenvalue weighted by atomic mass is 10.0. The SMILES string of the molecule is O=c1ccc(N2CCCCC2CNc2ccc3nccnc3n2)nn1C1CCCC1O. The maximum atomic E-state index is 12.4. The van der Waals surface area contributed by atoms with Gasteiger partial charge in [0.05, 0.1) is 12.1 Å². The molecule has 4 heterocycles. The number of hydrogen-bond acceptors (Lipinski definition) is 8. The highest BCUT2D eigenvalue weighted by Crippen LogP contribution is 2.29. The number of fused-ring (bicyclic) bond motifs is 1. The van der Waals surface area contributed by atoms with Crippen LogP contribution in [0.5, 0.6) is 0 Å². The molecule has 0 aromatic carbocycles. The first-order chi connectivity index (χ1) is 15.2. The van der Waals surface area contributed by atoms with Crippen molar-refractivity contribution in [2.24, 2.45) is 0 Å². The molecule has 0 amide bonds. The molecule has 9 heteroatoms. The minimum absolute atomic E-state index is 0.150. The van der Waals surface area contributed by atoms with E-state index >= 15 is 0 Å². The summed E-state index contributed by atoms with van der Waals surface area (Å²) in [5.74, 6) is 1.56. The maximum absolute atomic E-state index is 12.4. The summed E-state index contributed by atoms with van der Waals surface area (Å²) in [7, 11) is 0. The number of aliphatic hydroxyl groups excluding tert-OH is 1. The fraction of sp³-hybridized carbons (Fsp3) is 0.500. The van der Waals surface area contributed by atoms with Crippen molar-refractivity contribution in [1.82, 2.24) is 24.7 Å². The average Bonchev–Trinajstić information content (AvgIpc) is 3.24. The zero-order chi connectivity index (χ0) is 21.2. The van der Waals surface area contributed by atoms with E-state index in [1.54, 1.807) is 18.5 Å². The van der Waals surface area contributed by atoms with E-state index in [2.05, 4.69) is 30.3 Å². The normalized spacial score (nSPS) is 23.9. The Kier molecular flexibility index (Phi) is 5.50. The summed E-state index contributed by atoms with van der Waals surface area (Å²) in [5.41, 5.74) is 1.24. The zero-order valence-electron chi connectivity index (χ0n) is 17.4. The second-order valence-corrected chi connectivity index (χ2v) is 8.36. The first-order valence-electron chi connectivity index (χ1n) is 11.1. The third-order valence-corrected chi connectivity index (χ3v) is 6.34. The van der Waals surface area contributed by atoms with Gasteiger partial charge in [-0.15, -0.1) is 0 Å². The molecule has 31 heavy (non-hydrogen) atoms. The van der Waals surface area contributed by atoms with Gasteiger partial charge in [0.2, 0.25) is 0 Å². The van der Waals surface area contributed by atoms with Gasteiger partial charge in [-0.2, -0.15) is 5.10 Å². The fourth-order valence-corrected chi connectivity index (χ4v) is 4.70. The summed E-state index contributed by atoms with van der Waals surface area (Å²) >= 11 is 0. The summed E-state index contributed by atoms with van der Waals surface area (Å²) in [4.78, 5) is 27.8. The standard InChI is InChI=1S/C22H27N7O2/c30-18-6-3-5-17(18)29-21(31)10-9-20(27-29)28-13-2-1-4-15(28)14-25-19-8-7-16-22(26-19)24-12-11-23-16/h7-12,15,17-18,30H,1-6,13-14H2,(H,24,25,26). The highest BCUT2D eigenvalue weighted by atomic mass is 16.3. The van der Waals surface area contributed by atoms with Crippen molar-refractivity contribution in [2.45, 2.75) is 56.7 Å². The quantitative estimate of drug-likeness (QED) is 0.645. The first kappa shape index (κ1) is 19.9. The molecule has 0 spiro atoms. The molecule has 2 fully saturated rings. The lowest BCUT2D eigenvalue weighted by Gasteiger charge is -2.37. The van der Waals surface area contributed by atoms with Gasteiger partial charge in [0, 0.05) is 37.6 Å². The van der Waals surface area contributed by atoms with Crippen LogP contribution in [0, 0.1) is 0 Å². The van der Waals surface area contributed by atoms with Crippen LogP contribution in [0.15, 0.2) is 41.5 Å². The average molecular weight is 422 g/mol. The number of nitrogens with zero attached hydrogens (tertiary/aromatic N) is 6. The van der Waals surface area contributed by atoms with Gasteiger partial charge in [0.25, 0.3) is 5.56 Å². The lowest BCUT2D eigenvalue weighted by molar-refractivity contribution is 0.127. The van der Waals surface area contributed by atoms with E-state index < -0.39 is 6.10 Å². The van der Waals surface area contributed by atoms with E-state index in [0.717, 1.165) is 62.2 Å². The van der Waals surface area contributed by atoms with E-state index in [9.17, 15) is 9.90 Å². The lowest BCUT2D eigenvalue weighted by Crippen LogP contribution is -2.45. The molecular formula is C22H27N7O2. The summed E-state index contributed by atoms with van der Waals surface area (Å²) < 4.78 is 1.50. The van der Waals surface area contributed by atoms with E-state index in [0.29, 0.717) is 12.2 Å². The highest BCUT2D eigenvalue weighted by Gasteiger charge is 2.30. The van der Waals surface area contributed by atoms with Gasteiger partial charge in [0.15, 0.2) is 5.65 Å². The Morgan fingerprint density at radius 1 is 1.03 bits per heavy atom. The van der Waals surface area contributed by atoms with Gasteiger partial charge >= 0.3 is 0 Å². The Balaban J connectivity index is 1.35. The third-order valence-electron chi connectivity index (χ3n) is 6.34. The molecule has 2 N–H and O–H groups in total. The second-order valence-electron chi connectivity index (χ2n) is 8.36. The van der Waals surface area contributed by atoms with Crippen molar-refractivity contribution in [2.75, 3.05) is 23.3 Å². The van der Waals surface area contributed by atoms with E-state index in [4.69, 9.17) is 0 Å². The monoisotopic (exact) mass is 421 g/mol. The molecule has 9 nitrogen and oxygen atoms in total. The van der Waals surface area contributed by atoms with Gasteiger partial charge in [-0.1, -0.05) is 0 Å². The van der Waals surface area contributed by atoms with Gasteiger partial charge in [-0.3, -0.25) is 9.78 Å². The molecule has 3 unspecified atom stereocenters. The van der Waals surface area contributed by atoms with Crippen molar-refractivity contribution in [3.05, 3.63) is 47.0 Å². The van der Waals surface area contributed by atoms with E-state index in [1.807, 2.05) is 18.2 Å². The van der Waals surface area contributed by atoms with Crippen LogP contribution in [0.2, 0.25) is 0 Å². The Labute approximate surface area is 180 Å². The van der Waals surface area contributed by atoms with Crippen molar-refractivity contribution in [1.29, 1.82) is 0 Å². The van der Waals surface area contributed by atoms with Gasteiger partial charge in [-0.05, 0) is 56.7 Å². The molecule has 1 aliphatic carbocycles. The van der Waals surface area contributed by atoms with E-state index in [1.165, 1.54) is 4.68 Å². The molecule has 2 aliphatic rings. The molecule has 0 bridgehead atoms. The Morgan fingerprint density at radius 2 is 1.94 bits per heavy atom. The molecule has 0 radical (unpaired) electrons. The van der Waals surface area contributed by atoms with Gasteiger partial charge < -0.3 is 15.3 Å². The molecule has 1 aliphatic heterocycles. The molecule has 1 saturated heterocycles. The topological polar surface area (TPSA) is 109 Å². The van der Waals surface area contributed by atoms with Gasteiger partial charge in [0.1, 0.15) is 17.2 Å². The largest absolute Gasteiger partial charge is 0.391 e. The van der Waals surface area contributed by atoms with Crippen LogP contribution >= 0.6 is 0 Å². The molecule has 162 valence electrons. The number of aromatic nitrogens is 5. The number of rotatable bonds is 5.